The lowest BCUT2D eigenvalue weighted by Gasteiger charge is -2.34. The summed E-state index contributed by atoms with van der Waals surface area (Å²) in [4.78, 5) is 31.0. The molecule has 2 aromatic rings. The van der Waals surface area contributed by atoms with Crippen molar-refractivity contribution < 1.29 is 19.1 Å². The Balaban J connectivity index is 1.42. The molecule has 1 N–H and O–H groups in total. The molecule has 2 amide bonds. The number of halogens is 1. The van der Waals surface area contributed by atoms with Crippen molar-refractivity contribution in [2.24, 2.45) is 11.8 Å². The molecule has 1 aliphatic carbocycles. The normalized spacial score (nSPS) is 18.8. The fourth-order valence-electron chi connectivity index (χ4n) is 5.29. The number of ether oxygens (including phenoxy) is 2. The fraction of sp³-hybridized carbons (Fsp3) is 0.548. The average Bonchev–Trinajstić information content (AvgIpc) is 3.66. The Hall–Kier alpha value is -2.61. The summed E-state index contributed by atoms with van der Waals surface area (Å²) in [6.45, 7) is 8.22. The van der Waals surface area contributed by atoms with Gasteiger partial charge in [-0.3, -0.25) is 9.59 Å². The summed E-state index contributed by atoms with van der Waals surface area (Å²) in [5.74, 6) is 1.27. The van der Waals surface area contributed by atoms with Crippen molar-refractivity contribution in [1.29, 1.82) is 0 Å². The van der Waals surface area contributed by atoms with Gasteiger partial charge in [0.15, 0.2) is 0 Å². The third-order valence-corrected chi connectivity index (χ3v) is 7.83. The van der Waals surface area contributed by atoms with Crippen LogP contribution in [0.25, 0.3) is 0 Å². The van der Waals surface area contributed by atoms with E-state index in [1.807, 2.05) is 49.1 Å². The van der Waals surface area contributed by atoms with Crippen LogP contribution in [0.5, 0.6) is 5.75 Å². The molecule has 2 aliphatic rings. The van der Waals surface area contributed by atoms with Crippen molar-refractivity contribution in [2.75, 3.05) is 46.5 Å². The second kappa shape index (κ2) is 14.1. The van der Waals surface area contributed by atoms with Crippen LogP contribution in [0.3, 0.4) is 0 Å². The summed E-state index contributed by atoms with van der Waals surface area (Å²) in [5.41, 5.74) is 1.58. The van der Waals surface area contributed by atoms with Crippen molar-refractivity contribution in [3.8, 4) is 5.75 Å². The van der Waals surface area contributed by atoms with Gasteiger partial charge in [-0.05, 0) is 62.3 Å². The monoisotopic (exact) mass is 555 g/mol. The van der Waals surface area contributed by atoms with Crippen LogP contribution in [-0.4, -0.2) is 80.2 Å². The van der Waals surface area contributed by atoms with Crippen molar-refractivity contribution in [2.45, 2.75) is 51.6 Å². The predicted molar refractivity (Wildman–Crippen MR) is 154 cm³/mol. The Labute approximate surface area is 237 Å². The van der Waals surface area contributed by atoms with Gasteiger partial charge in [0.25, 0.3) is 5.91 Å². The maximum absolute atomic E-state index is 13.7. The number of nitrogens with zero attached hydrogens (tertiary/aromatic N) is 2. The number of methoxy groups -OCH3 is 1. The Bertz CT molecular complexity index is 1090. The van der Waals surface area contributed by atoms with E-state index in [2.05, 4.69) is 10.2 Å². The Morgan fingerprint density at radius 1 is 1.03 bits per heavy atom. The van der Waals surface area contributed by atoms with Crippen LogP contribution < -0.4 is 10.1 Å². The van der Waals surface area contributed by atoms with E-state index >= 15 is 0 Å². The molecule has 4 rings (SSSR count). The van der Waals surface area contributed by atoms with Gasteiger partial charge in [0.1, 0.15) is 5.75 Å². The molecule has 2 aromatic carbocycles. The van der Waals surface area contributed by atoms with E-state index in [4.69, 9.17) is 21.1 Å². The van der Waals surface area contributed by atoms with E-state index in [-0.39, 0.29) is 23.8 Å². The van der Waals surface area contributed by atoms with Crippen molar-refractivity contribution in [3.63, 3.8) is 0 Å². The lowest BCUT2D eigenvalue weighted by atomic mass is 9.93. The van der Waals surface area contributed by atoms with E-state index in [9.17, 15) is 9.59 Å². The van der Waals surface area contributed by atoms with Crippen LogP contribution in [0.1, 0.15) is 49.0 Å². The number of hydrogen-bond acceptors (Lipinski definition) is 5. The summed E-state index contributed by atoms with van der Waals surface area (Å²) in [5, 5.41) is 4.00. The molecule has 1 saturated carbocycles. The topological polar surface area (TPSA) is 71.1 Å². The molecule has 0 radical (unpaired) electrons. The molecule has 2 atom stereocenters. The minimum atomic E-state index is -0.0564. The number of benzene rings is 2. The van der Waals surface area contributed by atoms with Gasteiger partial charge in [-0.15, -0.1) is 0 Å². The number of rotatable bonds is 14. The summed E-state index contributed by atoms with van der Waals surface area (Å²) in [7, 11) is 1.66. The van der Waals surface area contributed by atoms with Crippen LogP contribution in [0.2, 0.25) is 5.02 Å². The van der Waals surface area contributed by atoms with Crippen molar-refractivity contribution in [1.82, 2.24) is 15.1 Å². The highest BCUT2D eigenvalue weighted by Crippen LogP contribution is 2.31. The van der Waals surface area contributed by atoms with Crippen molar-refractivity contribution >= 4 is 23.4 Å². The Morgan fingerprint density at radius 2 is 1.74 bits per heavy atom. The summed E-state index contributed by atoms with van der Waals surface area (Å²) in [6.07, 6.45) is 3.34. The average molecular weight is 556 g/mol. The summed E-state index contributed by atoms with van der Waals surface area (Å²) in [6, 6.07) is 15.6. The molecule has 2 fully saturated rings. The van der Waals surface area contributed by atoms with Crippen LogP contribution >= 0.6 is 11.6 Å². The molecule has 0 bridgehead atoms. The highest BCUT2D eigenvalue weighted by molar-refractivity contribution is 6.31. The van der Waals surface area contributed by atoms with Crippen LogP contribution in [0.4, 0.5) is 0 Å². The smallest absolute Gasteiger partial charge is 0.254 e. The number of hydrogen-bond donors (Lipinski definition) is 1. The van der Waals surface area contributed by atoms with Gasteiger partial charge in [-0.2, -0.15) is 0 Å². The summed E-state index contributed by atoms with van der Waals surface area (Å²) >= 11 is 6.37. The lowest BCUT2D eigenvalue weighted by Crippen LogP contribution is -2.45. The maximum atomic E-state index is 13.7. The molecule has 1 saturated heterocycles. The van der Waals surface area contributed by atoms with Crippen LogP contribution in [0.15, 0.2) is 48.5 Å². The number of carbonyl (C=O) groups excluding carboxylic acids is 2. The number of carbonyl (C=O) groups is 2. The molecule has 0 aromatic heterocycles. The third kappa shape index (κ3) is 8.44. The molecule has 8 heteroatoms. The molecule has 0 spiro atoms. The molecular formula is C31H42ClN3O4. The predicted octanol–water partition coefficient (Wildman–Crippen LogP) is 4.68. The first kappa shape index (κ1) is 29.4. The fourth-order valence-corrected chi connectivity index (χ4v) is 5.51. The van der Waals surface area contributed by atoms with Gasteiger partial charge in [-0.1, -0.05) is 41.9 Å². The zero-order valence-corrected chi connectivity index (χ0v) is 24.2. The first-order valence-corrected chi connectivity index (χ1v) is 14.5. The Kier molecular flexibility index (Phi) is 10.7. The quantitative estimate of drug-likeness (QED) is 0.343. The first-order chi connectivity index (χ1) is 18.9. The highest BCUT2D eigenvalue weighted by Gasteiger charge is 2.38. The molecule has 212 valence electrons. The first-order valence-electron chi connectivity index (χ1n) is 14.1. The van der Waals surface area contributed by atoms with Crippen LogP contribution in [-0.2, 0) is 16.0 Å². The molecule has 1 heterocycles. The Morgan fingerprint density at radius 3 is 2.41 bits per heavy atom. The molecule has 0 unspecified atom stereocenters. The van der Waals surface area contributed by atoms with Crippen LogP contribution in [0, 0.1) is 11.8 Å². The molecule has 7 nitrogen and oxygen atoms in total. The number of amides is 2. The second-order valence-electron chi connectivity index (χ2n) is 11.0. The molecule has 1 aliphatic heterocycles. The van der Waals surface area contributed by atoms with Crippen molar-refractivity contribution in [3.05, 3.63) is 64.7 Å². The minimum absolute atomic E-state index is 0.0167. The standard InChI is InChI=1S/C31H42ClN3O4/c1-22(2)34(31(37)24-15-27(32)17-29(16-24)39-13-7-12-38-3)20-25-18-33-19-26(25)21-35(28-10-11-28)30(36)14-23-8-5-4-6-9-23/h4-6,8-9,15-17,22,25-26,28,33H,7,10-14,18-21H2,1-3H3/t25-,26-/m0/s1. The number of nitrogens with one attached hydrogen (secondary N) is 1. The zero-order chi connectivity index (χ0) is 27.8. The summed E-state index contributed by atoms with van der Waals surface area (Å²) < 4.78 is 10.9. The SMILES string of the molecule is COCCCOc1cc(Cl)cc(C(=O)N(C[C@@H]2CNC[C@H]2CN(C(=O)Cc2ccccc2)C2CC2)C(C)C)c1. The van der Waals surface area contributed by atoms with E-state index in [0.717, 1.165) is 44.5 Å². The van der Waals surface area contributed by atoms with Gasteiger partial charge < -0.3 is 24.6 Å². The highest BCUT2D eigenvalue weighted by atomic mass is 35.5. The van der Waals surface area contributed by atoms with E-state index in [0.29, 0.717) is 54.5 Å². The molecule has 39 heavy (non-hydrogen) atoms. The van der Waals surface area contributed by atoms with Gasteiger partial charge in [0.05, 0.1) is 13.0 Å². The van der Waals surface area contributed by atoms with E-state index < -0.39 is 0 Å². The molecular weight excluding hydrogens is 514 g/mol. The zero-order valence-electron chi connectivity index (χ0n) is 23.4. The largest absolute Gasteiger partial charge is 0.493 e. The second-order valence-corrected chi connectivity index (χ2v) is 11.5. The van der Waals surface area contributed by atoms with Gasteiger partial charge in [0.2, 0.25) is 5.91 Å². The van der Waals surface area contributed by atoms with Gasteiger partial charge >= 0.3 is 0 Å². The minimum Gasteiger partial charge on any atom is -0.493 e. The van der Waals surface area contributed by atoms with Gasteiger partial charge in [0, 0.05) is 69.0 Å². The van der Waals surface area contributed by atoms with Gasteiger partial charge in [-0.25, -0.2) is 0 Å². The third-order valence-electron chi connectivity index (χ3n) is 7.61. The lowest BCUT2D eigenvalue weighted by molar-refractivity contribution is -0.131. The van der Waals surface area contributed by atoms with E-state index in [1.165, 1.54) is 0 Å². The van der Waals surface area contributed by atoms with E-state index in [1.54, 1.807) is 25.3 Å². The maximum Gasteiger partial charge on any atom is 0.254 e.